The Hall–Kier alpha value is -1.83. The first-order valence-corrected chi connectivity index (χ1v) is 6.94. The molecule has 1 amide bonds. The fourth-order valence-corrected chi connectivity index (χ4v) is 2.22. The number of hydrogen-bond acceptors (Lipinski definition) is 3. The van der Waals surface area contributed by atoms with Crippen LogP contribution in [-0.4, -0.2) is 25.2 Å². The summed E-state index contributed by atoms with van der Waals surface area (Å²) < 4.78 is 5.46. The maximum Gasteiger partial charge on any atom is 0.222 e. The van der Waals surface area contributed by atoms with Crippen LogP contribution in [0.1, 0.15) is 30.4 Å². The molecule has 1 unspecified atom stereocenters. The minimum Gasteiger partial charge on any atom is -0.378 e. The Morgan fingerprint density at radius 1 is 1.45 bits per heavy atom. The maximum absolute atomic E-state index is 11.9. The first-order valence-electron chi connectivity index (χ1n) is 6.94. The van der Waals surface area contributed by atoms with Crippen molar-refractivity contribution in [2.24, 2.45) is 5.73 Å². The average molecular weight is 272 g/mol. The zero-order valence-corrected chi connectivity index (χ0v) is 11.5. The first-order chi connectivity index (χ1) is 9.79. The molecule has 4 heteroatoms. The van der Waals surface area contributed by atoms with E-state index < -0.39 is 0 Å². The Balaban J connectivity index is 1.88. The molecule has 106 valence electrons. The highest BCUT2D eigenvalue weighted by atomic mass is 16.5. The molecule has 0 spiro atoms. The molecule has 2 rings (SSSR count). The molecule has 3 N–H and O–H groups in total. The molecule has 20 heavy (non-hydrogen) atoms. The van der Waals surface area contributed by atoms with Gasteiger partial charge in [-0.3, -0.25) is 4.79 Å². The van der Waals surface area contributed by atoms with E-state index in [9.17, 15) is 4.79 Å². The van der Waals surface area contributed by atoms with Crippen LogP contribution in [0.3, 0.4) is 0 Å². The number of amides is 1. The minimum absolute atomic E-state index is 0.0264. The lowest BCUT2D eigenvalue weighted by Gasteiger charge is -2.10. The van der Waals surface area contributed by atoms with Crippen LogP contribution in [0, 0.1) is 11.8 Å². The number of benzene rings is 1. The fourth-order valence-electron chi connectivity index (χ4n) is 2.22. The molecular formula is C16H20N2O2. The summed E-state index contributed by atoms with van der Waals surface area (Å²) in [5, 5.41) is 2.92. The van der Waals surface area contributed by atoms with Crippen LogP contribution in [-0.2, 0) is 16.1 Å². The third-order valence-electron chi connectivity index (χ3n) is 3.26. The van der Waals surface area contributed by atoms with E-state index in [1.165, 1.54) is 0 Å². The van der Waals surface area contributed by atoms with E-state index in [1.807, 2.05) is 24.3 Å². The number of ether oxygens (including phenoxy) is 1. The highest BCUT2D eigenvalue weighted by Crippen LogP contribution is 2.15. The second kappa shape index (κ2) is 7.68. The molecule has 1 aliphatic heterocycles. The normalized spacial score (nSPS) is 17.4. The van der Waals surface area contributed by atoms with E-state index in [-0.39, 0.29) is 12.0 Å². The van der Waals surface area contributed by atoms with Gasteiger partial charge in [0.25, 0.3) is 0 Å². The molecule has 1 aliphatic rings. The van der Waals surface area contributed by atoms with Gasteiger partial charge in [-0.15, -0.1) is 0 Å². The Morgan fingerprint density at radius 3 is 3.05 bits per heavy atom. The second-order valence-corrected chi connectivity index (χ2v) is 4.78. The SMILES string of the molecule is NCC#Cc1ccccc1CNC(=O)CC1CCCO1. The zero-order chi connectivity index (χ0) is 14.2. The molecule has 1 atom stereocenters. The van der Waals surface area contributed by atoms with Crippen molar-refractivity contribution in [3.63, 3.8) is 0 Å². The predicted molar refractivity (Wildman–Crippen MR) is 77.8 cm³/mol. The summed E-state index contributed by atoms with van der Waals surface area (Å²) in [7, 11) is 0. The summed E-state index contributed by atoms with van der Waals surface area (Å²) in [6.45, 7) is 1.59. The Bertz CT molecular complexity index is 511. The van der Waals surface area contributed by atoms with Gasteiger partial charge in [-0.05, 0) is 24.5 Å². The first kappa shape index (κ1) is 14.6. The van der Waals surface area contributed by atoms with Crippen LogP contribution in [0.15, 0.2) is 24.3 Å². The van der Waals surface area contributed by atoms with Crippen molar-refractivity contribution in [2.45, 2.75) is 31.9 Å². The third kappa shape index (κ3) is 4.37. The molecule has 0 radical (unpaired) electrons. The number of hydrogen-bond donors (Lipinski definition) is 2. The monoisotopic (exact) mass is 272 g/mol. The Morgan fingerprint density at radius 2 is 2.30 bits per heavy atom. The predicted octanol–water partition coefficient (Wildman–Crippen LogP) is 1.18. The summed E-state index contributed by atoms with van der Waals surface area (Å²) in [5.41, 5.74) is 7.30. The van der Waals surface area contributed by atoms with E-state index in [1.54, 1.807) is 0 Å². The quantitative estimate of drug-likeness (QED) is 0.809. The second-order valence-electron chi connectivity index (χ2n) is 4.78. The summed E-state index contributed by atoms with van der Waals surface area (Å²) in [6.07, 6.45) is 2.56. The number of nitrogens with two attached hydrogens (primary N) is 1. The molecule has 4 nitrogen and oxygen atoms in total. The van der Waals surface area contributed by atoms with Crippen LogP contribution in [0.5, 0.6) is 0 Å². The van der Waals surface area contributed by atoms with Gasteiger partial charge >= 0.3 is 0 Å². The highest BCUT2D eigenvalue weighted by Gasteiger charge is 2.18. The van der Waals surface area contributed by atoms with Gasteiger partial charge in [-0.25, -0.2) is 0 Å². The minimum atomic E-state index is 0.0264. The summed E-state index contributed by atoms with van der Waals surface area (Å²) >= 11 is 0. The maximum atomic E-state index is 11.9. The Labute approximate surface area is 119 Å². The van der Waals surface area contributed by atoms with Crippen LogP contribution < -0.4 is 11.1 Å². The van der Waals surface area contributed by atoms with E-state index in [2.05, 4.69) is 17.2 Å². The van der Waals surface area contributed by atoms with E-state index in [0.29, 0.717) is 19.5 Å². The number of carbonyl (C=O) groups excluding carboxylic acids is 1. The van der Waals surface area contributed by atoms with Crippen molar-refractivity contribution >= 4 is 5.91 Å². The molecule has 1 heterocycles. The van der Waals surface area contributed by atoms with Crippen molar-refractivity contribution in [3.05, 3.63) is 35.4 Å². The fraction of sp³-hybridized carbons (Fsp3) is 0.438. The number of rotatable bonds is 4. The third-order valence-corrected chi connectivity index (χ3v) is 3.26. The molecule has 0 bridgehead atoms. The van der Waals surface area contributed by atoms with Gasteiger partial charge in [0.15, 0.2) is 0 Å². The molecule has 1 fully saturated rings. The summed E-state index contributed by atoms with van der Waals surface area (Å²) in [5.74, 6) is 5.88. The molecule has 0 aromatic heterocycles. The van der Waals surface area contributed by atoms with Gasteiger partial charge in [-0.2, -0.15) is 0 Å². The molecule has 1 aromatic carbocycles. The van der Waals surface area contributed by atoms with Gasteiger partial charge in [0.05, 0.1) is 19.1 Å². The van der Waals surface area contributed by atoms with Crippen molar-refractivity contribution in [1.82, 2.24) is 5.32 Å². The van der Waals surface area contributed by atoms with Crippen molar-refractivity contribution in [3.8, 4) is 11.8 Å². The lowest BCUT2D eigenvalue weighted by Crippen LogP contribution is -2.27. The molecular weight excluding hydrogens is 252 g/mol. The lowest BCUT2D eigenvalue weighted by molar-refractivity contribution is -0.123. The van der Waals surface area contributed by atoms with E-state index in [4.69, 9.17) is 10.5 Å². The van der Waals surface area contributed by atoms with Crippen molar-refractivity contribution in [1.29, 1.82) is 0 Å². The largest absolute Gasteiger partial charge is 0.378 e. The molecule has 0 saturated carbocycles. The molecule has 1 saturated heterocycles. The van der Waals surface area contributed by atoms with Crippen LogP contribution >= 0.6 is 0 Å². The summed E-state index contributed by atoms with van der Waals surface area (Å²) in [4.78, 5) is 11.9. The van der Waals surface area contributed by atoms with Gasteiger partial charge in [0.2, 0.25) is 5.91 Å². The van der Waals surface area contributed by atoms with E-state index >= 15 is 0 Å². The van der Waals surface area contributed by atoms with Crippen molar-refractivity contribution in [2.75, 3.05) is 13.2 Å². The standard InChI is InChI=1S/C16H20N2O2/c17-9-3-7-13-5-1-2-6-14(13)12-18-16(19)11-15-8-4-10-20-15/h1-2,5-6,15H,4,8-12,17H2,(H,18,19). The lowest BCUT2D eigenvalue weighted by atomic mass is 10.1. The average Bonchev–Trinajstić information content (AvgIpc) is 2.96. The van der Waals surface area contributed by atoms with Gasteiger partial charge in [-0.1, -0.05) is 30.0 Å². The number of carbonyl (C=O) groups is 1. The van der Waals surface area contributed by atoms with Crippen LogP contribution in [0.2, 0.25) is 0 Å². The number of nitrogens with one attached hydrogen (secondary N) is 1. The van der Waals surface area contributed by atoms with Crippen molar-refractivity contribution < 1.29 is 9.53 Å². The topological polar surface area (TPSA) is 64.3 Å². The van der Waals surface area contributed by atoms with Gasteiger partial charge in [0, 0.05) is 18.7 Å². The van der Waals surface area contributed by atoms with Crippen LogP contribution in [0.25, 0.3) is 0 Å². The molecule has 1 aromatic rings. The van der Waals surface area contributed by atoms with Crippen LogP contribution in [0.4, 0.5) is 0 Å². The summed E-state index contributed by atoms with van der Waals surface area (Å²) in [6, 6.07) is 7.77. The smallest absolute Gasteiger partial charge is 0.222 e. The van der Waals surface area contributed by atoms with E-state index in [0.717, 1.165) is 30.6 Å². The zero-order valence-electron chi connectivity index (χ0n) is 11.5. The highest BCUT2D eigenvalue weighted by molar-refractivity contribution is 5.76. The van der Waals surface area contributed by atoms with Gasteiger partial charge < -0.3 is 15.8 Å². The van der Waals surface area contributed by atoms with Gasteiger partial charge in [0.1, 0.15) is 0 Å². The Kier molecular flexibility index (Phi) is 5.60. The molecule has 0 aliphatic carbocycles.